The van der Waals surface area contributed by atoms with Crippen LogP contribution < -0.4 is 0 Å². The molecule has 0 heterocycles. The molecule has 0 saturated heterocycles. The summed E-state index contributed by atoms with van der Waals surface area (Å²) in [5.74, 6) is -1.69. The van der Waals surface area contributed by atoms with Gasteiger partial charge in [-0.1, -0.05) is 6.42 Å². The topological polar surface area (TPSA) is 77.8 Å². The van der Waals surface area contributed by atoms with E-state index >= 15 is 0 Å². The molecule has 0 fully saturated rings. The molecule has 0 aromatic heterocycles. The minimum absolute atomic E-state index is 0.111. The second kappa shape index (κ2) is 6.37. The van der Waals surface area contributed by atoms with Crippen molar-refractivity contribution in [3.63, 3.8) is 0 Å². The number of carboxylic acid groups (broad SMARTS) is 2. The number of carboxylic acids is 2. The van der Waals surface area contributed by atoms with E-state index in [1.807, 2.05) is 0 Å². The molecule has 0 aliphatic carbocycles. The highest BCUT2D eigenvalue weighted by molar-refractivity contribution is 5.73. The fourth-order valence-corrected chi connectivity index (χ4v) is 1.22. The first-order chi connectivity index (χ1) is 6.45. The largest absolute Gasteiger partial charge is 0.481 e. The van der Waals surface area contributed by atoms with E-state index in [4.69, 9.17) is 10.2 Å². The number of nitrogens with zero attached hydrogens (tertiary/aromatic N) is 1. The standard InChI is InChI=1S/C9H17NO4/c1-10(2)7(9(13)14)5-3-4-6-8(11)12/h7H,3-6H2,1-2H3,(H,11,12)(H,13,14). The van der Waals surface area contributed by atoms with Gasteiger partial charge in [0, 0.05) is 6.42 Å². The summed E-state index contributed by atoms with van der Waals surface area (Å²) in [6.45, 7) is 0. The Morgan fingerprint density at radius 1 is 1.21 bits per heavy atom. The van der Waals surface area contributed by atoms with Gasteiger partial charge in [-0.2, -0.15) is 0 Å². The molecule has 0 saturated carbocycles. The highest BCUT2D eigenvalue weighted by Crippen LogP contribution is 2.07. The maximum absolute atomic E-state index is 10.7. The fourth-order valence-electron chi connectivity index (χ4n) is 1.22. The van der Waals surface area contributed by atoms with Gasteiger partial charge in [0.15, 0.2) is 0 Å². The van der Waals surface area contributed by atoms with Crippen LogP contribution in [0.2, 0.25) is 0 Å². The molecule has 0 bridgehead atoms. The summed E-state index contributed by atoms with van der Waals surface area (Å²) in [4.78, 5) is 22.5. The first kappa shape index (κ1) is 12.9. The molecule has 0 aliphatic rings. The molecule has 5 nitrogen and oxygen atoms in total. The Hall–Kier alpha value is -1.10. The normalized spacial score (nSPS) is 12.8. The van der Waals surface area contributed by atoms with Gasteiger partial charge in [-0.3, -0.25) is 14.5 Å². The highest BCUT2D eigenvalue weighted by Gasteiger charge is 2.18. The molecular formula is C9H17NO4. The Kier molecular flexibility index (Phi) is 5.87. The van der Waals surface area contributed by atoms with Crippen LogP contribution in [0.5, 0.6) is 0 Å². The molecule has 0 rings (SSSR count). The molecule has 0 aliphatic heterocycles. The zero-order valence-corrected chi connectivity index (χ0v) is 8.56. The molecule has 2 N–H and O–H groups in total. The molecule has 14 heavy (non-hydrogen) atoms. The Labute approximate surface area is 83.3 Å². The van der Waals surface area contributed by atoms with Crippen LogP contribution in [-0.4, -0.2) is 47.2 Å². The predicted octanol–water partition coefficient (Wildman–Crippen LogP) is 0.646. The van der Waals surface area contributed by atoms with Gasteiger partial charge in [0.05, 0.1) is 0 Å². The van der Waals surface area contributed by atoms with E-state index in [9.17, 15) is 9.59 Å². The van der Waals surface area contributed by atoms with Gasteiger partial charge >= 0.3 is 11.9 Å². The van der Waals surface area contributed by atoms with Crippen molar-refractivity contribution in [2.75, 3.05) is 14.1 Å². The summed E-state index contributed by atoms with van der Waals surface area (Å²) in [5, 5.41) is 17.2. The van der Waals surface area contributed by atoms with E-state index in [1.165, 1.54) is 0 Å². The second-order valence-corrected chi connectivity index (χ2v) is 3.46. The highest BCUT2D eigenvalue weighted by atomic mass is 16.4. The molecule has 1 unspecified atom stereocenters. The summed E-state index contributed by atoms with van der Waals surface area (Å²) in [7, 11) is 3.41. The van der Waals surface area contributed by atoms with Crippen molar-refractivity contribution >= 4 is 11.9 Å². The van der Waals surface area contributed by atoms with Crippen LogP contribution in [0.25, 0.3) is 0 Å². The third-order valence-electron chi connectivity index (χ3n) is 2.03. The monoisotopic (exact) mass is 203 g/mol. The second-order valence-electron chi connectivity index (χ2n) is 3.46. The van der Waals surface area contributed by atoms with Crippen molar-refractivity contribution in [3.05, 3.63) is 0 Å². The molecule has 0 spiro atoms. The maximum atomic E-state index is 10.7. The van der Waals surface area contributed by atoms with Crippen LogP contribution in [0, 0.1) is 0 Å². The zero-order valence-electron chi connectivity index (χ0n) is 8.56. The summed E-state index contributed by atoms with van der Waals surface area (Å²) in [6.07, 6.45) is 1.77. The van der Waals surface area contributed by atoms with Crippen LogP contribution in [0.1, 0.15) is 25.7 Å². The van der Waals surface area contributed by atoms with E-state index in [1.54, 1.807) is 19.0 Å². The fraction of sp³-hybridized carbons (Fsp3) is 0.778. The van der Waals surface area contributed by atoms with Crippen molar-refractivity contribution in [2.45, 2.75) is 31.7 Å². The van der Waals surface area contributed by atoms with E-state index in [0.29, 0.717) is 19.3 Å². The molecule has 0 aromatic carbocycles. The van der Waals surface area contributed by atoms with Gasteiger partial charge in [-0.15, -0.1) is 0 Å². The van der Waals surface area contributed by atoms with Crippen molar-refractivity contribution < 1.29 is 19.8 Å². The van der Waals surface area contributed by atoms with E-state index in [0.717, 1.165) is 0 Å². The molecule has 0 aromatic rings. The third-order valence-corrected chi connectivity index (χ3v) is 2.03. The predicted molar refractivity (Wildman–Crippen MR) is 51.2 cm³/mol. The molecule has 82 valence electrons. The first-order valence-corrected chi connectivity index (χ1v) is 4.56. The minimum Gasteiger partial charge on any atom is -0.481 e. The van der Waals surface area contributed by atoms with Gasteiger partial charge in [-0.25, -0.2) is 0 Å². The summed E-state index contributed by atoms with van der Waals surface area (Å²) in [5.41, 5.74) is 0. The number of unbranched alkanes of at least 4 members (excludes halogenated alkanes) is 1. The SMILES string of the molecule is CN(C)C(CCCCC(=O)O)C(=O)O. The minimum atomic E-state index is -0.856. The van der Waals surface area contributed by atoms with Gasteiger partial charge in [0.1, 0.15) is 6.04 Å². The van der Waals surface area contributed by atoms with Gasteiger partial charge in [0.2, 0.25) is 0 Å². The van der Waals surface area contributed by atoms with Crippen molar-refractivity contribution in [2.24, 2.45) is 0 Å². The van der Waals surface area contributed by atoms with Gasteiger partial charge in [0.25, 0.3) is 0 Å². The lowest BCUT2D eigenvalue weighted by atomic mass is 10.1. The average Bonchev–Trinajstić information content (AvgIpc) is 2.01. The third kappa shape index (κ3) is 5.53. The van der Waals surface area contributed by atoms with Crippen LogP contribution in [0.15, 0.2) is 0 Å². The van der Waals surface area contributed by atoms with Crippen LogP contribution in [0.3, 0.4) is 0 Å². The number of carbonyl (C=O) groups is 2. The van der Waals surface area contributed by atoms with E-state index < -0.39 is 18.0 Å². The lowest BCUT2D eigenvalue weighted by molar-refractivity contribution is -0.142. The van der Waals surface area contributed by atoms with Crippen LogP contribution in [0.4, 0.5) is 0 Å². The Bertz CT molecular complexity index is 203. The lowest BCUT2D eigenvalue weighted by Crippen LogP contribution is -2.35. The summed E-state index contributed by atoms with van der Waals surface area (Å²) in [6, 6.07) is -0.510. The summed E-state index contributed by atoms with van der Waals surface area (Å²) >= 11 is 0. The van der Waals surface area contributed by atoms with Gasteiger partial charge in [-0.05, 0) is 26.9 Å². The number of hydrogen-bond donors (Lipinski definition) is 2. The zero-order chi connectivity index (χ0) is 11.1. The van der Waals surface area contributed by atoms with Crippen LogP contribution >= 0.6 is 0 Å². The van der Waals surface area contributed by atoms with E-state index in [-0.39, 0.29) is 6.42 Å². The smallest absolute Gasteiger partial charge is 0.320 e. The molecule has 0 radical (unpaired) electrons. The number of hydrogen-bond acceptors (Lipinski definition) is 3. The quantitative estimate of drug-likeness (QED) is 0.594. The van der Waals surface area contributed by atoms with Crippen molar-refractivity contribution in [3.8, 4) is 0 Å². The molecule has 5 heteroatoms. The Morgan fingerprint density at radius 2 is 1.79 bits per heavy atom. The number of likely N-dealkylation sites (N-methyl/N-ethyl adjacent to an activating group) is 1. The lowest BCUT2D eigenvalue weighted by Gasteiger charge is -2.19. The van der Waals surface area contributed by atoms with Crippen molar-refractivity contribution in [1.29, 1.82) is 0 Å². The van der Waals surface area contributed by atoms with Gasteiger partial charge < -0.3 is 10.2 Å². The number of aliphatic carboxylic acids is 2. The Balaban J connectivity index is 3.73. The average molecular weight is 203 g/mol. The first-order valence-electron chi connectivity index (χ1n) is 4.56. The maximum Gasteiger partial charge on any atom is 0.320 e. The van der Waals surface area contributed by atoms with Crippen molar-refractivity contribution in [1.82, 2.24) is 4.90 Å². The molecule has 0 amide bonds. The van der Waals surface area contributed by atoms with E-state index in [2.05, 4.69) is 0 Å². The molecular weight excluding hydrogens is 186 g/mol. The van der Waals surface area contributed by atoms with Crippen LogP contribution in [-0.2, 0) is 9.59 Å². The number of rotatable bonds is 7. The summed E-state index contributed by atoms with van der Waals surface area (Å²) < 4.78 is 0. The Morgan fingerprint density at radius 3 is 2.14 bits per heavy atom. The molecule has 1 atom stereocenters.